The van der Waals surface area contributed by atoms with E-state index >= 15 is 0 Å². The quantitative estimate of drug-likeness (QED) is 0.633. The first-order valence-corrected chi connectivity index (χ1v) is 8.86. The predicted molar refractivity (Wildman–Crippen MR) is 92.6 cm³/mol. The van der Waals surface area contributed by atoms with E-state index in [4.69, 9.17) is 9.72 Å². The maximum absolute atomic E-state index is 5.08. The lowest BCUT2D eigenvalue weighted by molar-refractivity contribution is 0.199. The lowest BCUT2D eigenvalue weighted by atomic mass is 10.0. The fourth-order valence-electron chi connectivity index (χ4n) is 2.09. The van der Waals surface area contributed by atoms with Crippen LogP contribution in [0.15, 0.2) is 0 Å². The standard InChI is InChI=1S/C16H31N3OS/c1-6-8-10-19(4)16-18-15(13(3)7-2)14(21-16)12-17-9-11-20-5/h13,17H,6-12H2,1-5H3. The molecule has 21 heavy (non-hydrogen) atoms. The summed E-state index contributed by atoms with van der Waals surface area (Å²) in [4.78, 5) is 8.57. The molecule has 0 aliphatic heterocycles. The highest BCUT2D eigenvalue weighted by atomic mass is 32.1. The molecule has 0 fully saturated rings. The minimum absolute atomic E-state index is 0.522. The number of unbranched alkanes of at least 4 members (excludes halogenated alkanes) is 1. The Morgan fingerprint density at radius 1 is 1.38 bits per heavy atom. The molecule has 0 amide bonds. The van der Waals surface area contributed by atoms with Crippen molar-refractivity contribution in [2.24, 2.45) is 0 Å². The van der Waals surface area contributed by atoms with Crippen LogP contribution in [0.3, 0.4) is 0 Å². The number of anilines is 1. The molecule has 0 radical (unpaired) electrons. The van der Waals surface area contributed by atoms with Gasteiger partial charge in [-0.1, -0.05) is 27.2 Å². The Kier molecular flexibility index (Phi) is 8.88. The van der Waals surface area contributed by atoms with Crippen LogP contribution in [0.1, 0.15) is 56.5 Å². The SMILES string of the molecule is CCCCN(C)c1nc(C(C)CC)c(CNCCOC)s1. The van der Waals surface area contributed by atoms with Crippen LogP contribution in [-0.2, 0) is 11.3 Å². The van der Waals surface area contributed by atoms with E-state index in [1.807, 2.05) is 11.3 Å². The van der Waals surface area contributed by atoms with Crippen LogP contribution in [0.5, 0.6) is 0 Å². The van der Waals surface area contributed by atoms with Crippen molar-refractivity contribution in [3.05, 3.63) is 10.6 Å². The smallest absolute Gasteiger partial charge is 0.185 e. The first-order valence-electron chi connectivity index (χ1n) is 8.04. The van der Waals surface area contributed by atoms with E-state index in [2.05, 4.69) is 38.0 Å². The molecule has 1 unspecified atom stereocenters. The molecule has 0 aromatic carbocycles. The number of thiazole rings is 1. The van der Waals surface area contributed by atoms with E-state index in [0.717, 1.165) is 37.8 Å². The number of hydrogen-bond acceptors (Lipinski definition) is 5. The van der Waals surface area contributed by atoms with Crippen LogP contribution in [0.4, 0.5) is 5.13 Å². The summed E-state index contributed by atoms with van der Waals surface area (Å²) in [6, 6.07) is 0. The molecule has 0 aliphatic carbocycles. The summed E-state index contributed by atoms with van der Waals surface area (Å²) >= 11 is 1.83. The first kappa shape index (κ1) is 18.4. The Morgan fingerprint density at radius 2 is 2.14 bits per heavy atom. The van der Waals surface area contributed by atoms with Crippen LogP contribution >= 0.6 is 11.3 Å². The second kappa shape index (κ2) is 10.1. The van der Waals surface area contributed by atoms with Crippen molar-refractivity contribution in [1.82, 2.24) is 10.3 Å². The molecular weight excluding hydrogens is 282 g/mol. The molecule has 1 aromatic rings. The van der Waals surface area contributed by atoms with Crippen LogP contribution in [0.25, 0.3) is 0 Å². The Balaban J connectivity index is 2.75. The van der Waals surface area contributed by atoms with Gasteiger partial charge in [0.2, 0.25) is 0 Å². The maximum Gasteiger partial charge on any atom is 0.185 e. The lowest BCUT2D eigenvalue weighted by Crippen LogP contribution is -2.18. The predicted octanol–water partition coefficient (Wildman–Crippen LogP) is 3.63. The van der Waals surface area contributed by atoms with Gasteiger partial charge in [0.25, 0.3) is 0 Å². The summed E-state index contributed by atoms with van der Waals surface area (Å²) in [5.41, 5.74) is 1.27. The highest BCUT2D eigenvalue weighted by molar-refractivity contribution is 7.15. The van der Waals surface area contributed by atoms with Gasteiger partial charge in [-0.25, -0.2) is 4.98 Å². The van der Waals surface area contributed by atoms with E-state index < -0.39 is 0 Å². The Bertz CT molecular complexity index is 395. The zero-order chi connectivity index (χ0) is 15.7. The average Bonchev–Trinajstić information content (AvgIpc) is 2.92. The fourth-order valence-corrected chi connectivity index (χ4v) is 3.22. The summed E-state index contributed by atoms with van der Waals surface area (Å²) in [5, 5.41) is 4.60. The highest BCUT2D eigenvalue weighted by Gasteiger charge is 2.17. The minimum Gasteiger partial charge on any atom is -0.383 e. The van der Waals surface area contributed by atoms with Gasteiger partial charge in [0, 0.05) is 38.7 Å². The van der Waals surface area contributed by atoms with Gasteiger partial charge in [-0.3, -0.25) is 0 Å². The molecule has 0 spiro atoms. The van der Waals surface area contributed by atoms with Gasteiger partial charge in [-0.15, -0.1) is 11.3 Å². The average molecular weight is 314 g/mol. The molecule has 0 aliphatic rings. The van der Waals surface area contributed by atoms with Crippen molar-refractivity contribution in [2.45, 2.75) is 52.5 Å². The maximum atomic E-state index is 5.08. The summed E-state index contributed by atoms with van der Waals surface area (Å²) < 4.78 is 5.08. The molecule has 4 nitrogen and oxygen atoms in total. The van der Waals surface area contributed by atoms with E-state index in [1.54, 1.807) is 7.11 Å². The summed E-state index contributed by atoms with van der Waals surface area (Å²) in [6.45, 7) is 10.3. The molecule has 1 rings (SSSR count). The van der Waals surface area contributed by atoms with Crippen molar-refractivity contribution < 1.29 is 4.74 Å². The molecule has 1 atom stereocenters. The molecule has 0 saturated carbocycles. The first-order chi connectivity index (χ1) is 10.1. The van der Waals surface area contributed by atoms with Crippen molar-refractivity contribution in [1.29, 1.82) is 0 Å². The zero-order valence-corrected chi connectivity index (χ0v) is 15.1. The van der Waals surface area contributed by atoms with Gasteiger partial charge >= 0.3 is 0 Å². The van der Waals surface area contributed by atoms with Crippen molar-refractivity contribution >= 4 is 16.5 Å². The Labute approximate surface area is 133 Å². The van der Waals surface area contributed by atoms with Crippen molar-refractivity contribution in [3.63, 3.8) is 0 Å². The number of ether oxygens (including phenoxy) is 1. The van der Waals surface area contributed by atoms with Crippen LogP contribution < -0.4 is 10.2 Å². The molecular formula is C16H31N3OS. The summed E-state index contributed by atoms with van der Waals surface area (Å²) in [6.07, 6.45) is 3.57. The molecule has 5 heteroatoms. The van der Waals surface area contributed by atoms with Crippen LogP contribution in [0, 0.1) is 0 Å². The Morgan fingerprint density at radius 3 is 2.76 bits per heavy atom. The normalized spacial score (nSPS) is 12.6. The van der Waals surface area contributed by atoms with Gasteiger partial charge < -0.3 is 15.0 Å². The summed E-state index contributed by atoms with van der Waals surface area (Å²) in [7, 11) is 3.89. The van der Waals surface area contributed by atoms with Gasteiger partial charge in [0.15, 0.2) is 5.13 Å². The molecule has 1 N–H and O–H groups in total. The number of hydrogen-bond donors (Lipinski definition) is 1. The van der Waals surface area contributed by atoms with E-state index in [0.29, 0.717) is 5.92 Å². The zero-order valence-electron chi connectivity index (χ0n) is 14.2. The van der Waals surface area contributed by atoms with Gasteiger partial charge in [0.05, 0.1) is 12.3 Å². The van der Waals surface area contributed by atoms with Crippen molar-refractivity contribution in [2.75, 3.05) is 38.8 Å². The third kappa shape index (κ3) is 5.93. The third-order valence-corrected chi connectivity index (χ3v) is 4.92. The lowest BCUT2D eigenvalue weighted by Gasteiger charge is -2.14. The number of nitrogens with zero attached hydrogens (tertiary/aromatic N) is 2. The minimum atomic E-state index is 0.522. The number of rotatable bonds is 11. The van der Waals surface area contributed by atoms with Gasteiger partial charge in [-0.2, -0.15) is 0 Å². The molecule has 0 saturated heterocycles. The number of nitrogens with one attached hydrogen (secondary N) is 1. The monoisotopic (exact) mass is 313 g/mol. The summed E-state index contributed by atoms with van der Waals surface area (Å²) in [5.74, 6) is 0.522. The highest BCUT2D eigenvalue weighted by Crippen LogP contribution is 2.31. The Hall–Kier alpha value is -0.650. The van der Waals surface area contributed by atoms with Crippen LogP contribution in [-0.4, -0.2) is 38.8 Å². The van der Waals surface area contributed by atoms with Crippen molar-refractivity contribution in [3.8, 4) is 0 Å². The van der Waals surface area contributed by atoms with E-state index in [9.17, 15) is 0 Å². The molecule has 1 aromatic heterocycles. The molecule has 1 heterocycles. The second-order valence-electron chi connectivity index (χ2n) is 5.56. The molecule has 122 valence electrons. The number of methoxy groups -OCH3 is 1. The van der Waals surface area contributed by atoms with Gasteiger partial charge in [0.1, 0.15) is 0 Å². The third-order valence-electron chi connectivity index (χ3n) is 3.74. The van der Waals surface area contributed by atoms with E-state index in [-0.39, 0.29) is 0 Å². The largest absolute Gasteiger partial charge is 0.383 e. The topological polar surface area (TPSA) is 37.4 Å². The number of aromatic nitrogens is 1. The van der Waals surface area contributed by atoms with E-state index in [1.165, 1.54) is 23.4 Å². The fraction of sp³-hybridized carbons (Fsp3) is 0.812. The molecule has 0 bridgehead atoms. The van der Waals surface area contributed by atoms with Crippen LogP contribution in [0.2, 0.25) is 0 Å². The second-order valence-corrected chi connectivity index (χ2v) is 6.62. The van der Waals surface area contributed by atoms with Gasteiger partial charge in [-0.05, 0) is 18.8 Å².